The van der Waals surface area contributed by atoms with Gasteiger partial charge in [0.1, 0.15) is 0 Å². The molecule has 0 heteroatoms. The Hall–Kier alpha value is -1.30. The third kappa shape index (κ3) is 4.16. The van der Waals surface area contributed by atoms with Crippen LogP contribution in [0.4, 0.5) is 0 Å². The van der Waals surface area contributed by atoms with Crippen LogP contribution in [0.15, 0.2) is 48.6 Å². The fraction of sp³-hybridized carbons (Fsp3) is 0.565. The summed E-state index contributed by atoms with van der Waals surface area (Å²) in [6.07, 6.45) is 17.3. The molecule has 0 bridgehead atoms. The topological polar surface area (TPSA) is 0 Å². The van der Waals surface area contributed by atoms with Crippen LogP contribution in [0.25, 0.3) is 5.57 Å². The van der Waals surface area contributed by atoms with E-state index in [0.717, 1.165) is 18.3 Å². The zero-order chi connectivity index (χ0) is 15.9. The molecule has 0 spiro atoms. The van der Waals surface area contributed by atoms with Crippen LogP contribution < -0.4 is 0 Å². The summed E-state index contributed by atoms with van der Waals surface area (Å²) in [5.74, 6) is 1.59. The minimum Gasteiger partial charge on any atom is -0.103 e. The van der Waals surface area contributed by atoms with Gasteiger partial charge in [0, 0.05) is 0 Å². The monoisotopic (exact) mass is 308 g/mol. The maximum atomic E-state index is 4.08. The van der Waals surface area contributed by atoms with E-state index in [-0.39, 0.29) is 0 Å². The van der Waals surface area contributed by atoms with E-state index in [0.29, 0.717) is 0 Å². The van der Waals surface area contributed by atoms with E-state index in [4.69, 9.17) is 0 Å². The summed E-state index contributed by atoms with van der Waals surface area (Å²) >= 11 is 0. The van der Waals surface area contributed by atoms with Gasteiger partial charge in [0.05, 0.1) is 0 Å². The number of benzene rings is 1. The number of rotatable bonds is 5. The van der Waals surface area contributed by atoms with Crippen molar-refractivity contribution >= 4 is 5.57 Å². The quantitative estimate of drug-likeness (QED) is 0.505. The number of hydrogen-bond donors (Lipinski definition) is 0. The first-order valence-corrected chi connectivity index (χ1v) is 9.79. The van der Waals surface area contributed by atoms with Gasteiger partial charge in [-0.2, -0.15) is 0 Å². The van der Waals surface area contributed by atoms with Crippen molar-refractivity contribution in [2.45, 2.75) is 70.6 Å². The largest absolute Gasteiger partial charge is 0.103 e. The molecule has 0 amide bonds. The molecule has 2 aliphatic carbocycles. The summed E-state index contributed by atoms with van der Waals surface area (Å²) in [7, 11) is 0. The van der Waals surface area contributed by atoms with Gasteiger partial charge in [0.25, 0.3) is 0 Å². The van der Waals surface area contributed by atoms with Crippen molar-refractivity contribution in [1.29, 1.82) is 0 Å². The van der Waals surface area contributed by atoms with Crippen molar-refractivity contribution in [3.05, 3.63) is 54.1 Å². The zero-order valence-electron chi connectivity index (χ0n) is 14.6. The SMILES string of the molecule is C=CC/C(=C(/c1ccccc1)C1CCCCC1)C1CCCCC1. The van der Waals surface area contributed by atoms with E-state index in [1.54, 1.807) is 11.1 Å². The van der Waals surface area contributed by atoms with Gasteiger partial charge < -0.3 is 0 Å². The predicted octanol–water partition coefficient (Wildman–Crippen LogP) is 7.18. The van der Waals surface area contributed by atoms with Crippen molar-refractivity contribution in [3.8, 4) is 0 Å². The molecular formula is C23H32. The Balaban J connectivity index is 2.02. The van der Waals surface area contributed by atoms with Gasteiger partial charge >= 0.3 is 0 Å². The lowest BCUT2D eigenvalue weighted by Crippen LogP contribution is -2.16. The van der Waals surface area contributed by atoms with Gasteiger partial charge in [-0.3, -0.25) is 0 Å². The van der Waals surface area contributed by atoms with Crippen LogP contribution in [0.2, 0.25) is 0 Å². The van der Waals surface area contributed by atoms with E-state index < -0.39 is 0 Å². The van der Waals surface area contributed by atoms with Crippen LogP contribution in [0.5, 0.6) is 0 Å². The maximum Gasteiger partial charge on any atom is -0.0133 e. The summed E-state index contributed by atoms with van der Waals surface area (Å²) in [6.45, 7) is 4.08. The highest BCUT2D eigenvalue weighted by molar-refractivity contribution is 5.71. The molecule has 2 saturated carbocycles. The summed E-state index contributed by atoms with van der Waals surface area (Å²) in [5.41, 5.74) is 4.93. The Morgan fingerprint density at radius 3 is 1.96 bits per heavy atom. The van der Waals surface area contributed by atoms with Crippen LogP contribution in [0.1, 0.15) is 76.2 Å². The lowest BCUT2D eigenvalue weighted by molar-refractivity contribution is 0.389. The van der Waals surface area contributed by atoms with Crippen LogP contribution >= 0.6 is 0 Å². The maximum absolute atomic E-state index is 4.08. The highest BCUT2D eigenvalue weighted by Gasteiger charge is 2.26. The van der Waals surface area contributed by atoms with Gasteiger partial charge in [-0.25, -0.2) is 0 Å². The molecule has 0 N–H and O–H groups in total. The molecule has 2 aliphatic rings. The standard InChI is InChI=1S/C23H32/c1-2-12-22(19-13-6-3-7-14-19)23(20-15-8-4-9-16-20)21-17-10-5-11-18-21/h2,4,8-9,15-16,19,21H,1,3,5-7,10-14,17-18H2/b23-22+. The molecule has 23 heavy (non-hydrogen) atoms. The fourth-order valence-corrected chi connectivity index (χ4v) is 4.80. The fourth-order valence-electron chi connectivity index (χ4n) is 4.80. The van der Waals surface area contributed by atoms with E-state index in [1.807, 2.05) is 0 Å². The third-order valence-electron chi connectivity index (χ3n) is 5.91. The van der Waals surface area contributed by atoms with Crippen molar-refractivity contribution in [3.63, 3.8) is 0 Å². The number of hydrogen-bond acceptors (Lipinski definition) is 0. The molecule has 0 aromatic heterocycles. The second-order valence-corrected chi connectivity index (χ2v) is 7.47. The smallest absolute Gasteiger partial charge is 0.0133 e. The van der Waals surface area contributed by atoms with Gasteiger partial charge in [0.15, 0.2) is 0 Å². The molecule has 0 aliphatic heterocycles. The van der Waals surface area contributed by atoms with Crippen molar-refractivity contribution < 1.29 is 0 Å². The lowest BCUT2D eigenvalue weighted by Gasteiger charge is -2.32. The average Bonchev–Trinajstić information content (AvgIpc) is 2.64. The minimum atomic E-state index is 0.781. The van der Waals surface area contributed by atoms with Gasteiger partial charge in [-0.05, 0) is 55.1 Å². The van der Waals surface area contributed by atoms with E-state index in [1.165, 1.54) is 69.8 Å². The summed E-state index contributed by atoms with van der Waals surface area (Å²) in [4.78, 5) is 0. The first-order valence-electron chi connectivity index (χ1n) is 9.79. The molecule has 0 radical (unpaired) electrons. The normalized spacial score (nSPS) is 21.7. The second kappa shape index (κ2) is 8.52. The highest BCUT2D eigenvalue weighted by Crippen LogP contribution is 2.43. The predicted molar refractivity (Wildman–Crippen MR) is 101 cm³/mol. The molecule has 0 heterocycles. The van der Waals surface area contributed by atoms with Gasteiger partial charge in [-0.15, -0.1) is 6.58 Å². The van der Waals surface area contributed by atoms with Crippen molar-refractivity contribution in [2.75, 3.05) is 0 Å². The van der Waals surface area contributed by atoms with Gasteiger partial charge in [0.2, 0.25) is 0 Å². The molecule has 1 aromatic carbocycles. The molecular weight excluding hydrogens is 276 g/mol. The Bertz CT molecular complexity index is 510. The molecule has 0 nitrogen and oxygen atoms in total. The summed E-state index contributed by atoms with van der Waals surface area (Å²) in [6, 6.07) is 11.3. The van der Waals surface area contributed by atoms with E-state index in [9.17, 15) is 0 Å². The third-order valence-corrected chi connectivity index (χ3v) is 5.91. The van der Waals surface area contributed by atoms with Crippen LogP contribution in [0.3, 0.4) is 0 Å². The van der Waals surface area contributed by atoms with Crippen LogP contribution in [-0.2, 0) is 0 Å². The Morgan fingerprint density at radius 2 is 1.39 bits per heavy atom. The molecule has 3 rings (SSSR count). The molecule has 0 saturated heterocycles. The zero-order valence-corrected chi connectivity index (χ0v) is 14.6. The Labute approximate surface area is 142 Å². The molecule has 2 fully saturated rings. The Morgan fingerprint density at radius 1 is 0.826 bits per heavy atom. The van der Waals surface area contributed by atoms with Crippen LogP contribution in [-0.4, -0.2) is 0 Å². The van der Waals surface area contributed by atoms with Crippen molar-refractivity contribution in [1.82, 2.24) is 0 Å². The highest BCUT2D eigenvalue weighted by atomic mass is 14.3. The van der Waals surface area contributed by atoms with E-state index >= 15 is 0 Å². The minimum absolute atomic E-state index is 0.781. The molecule has 0 unspecified atom stereocenters. The number of allylic oxidation sites excluding steroid dienone is 3. The van der Waals surface area contributed by atoms with Crippen LogP contribution in [0, 0.1) is 11.8 Å². The lowest BCUT2D eigenvalue weighted by atomic mass is 9.73. The average molecular weight is 309 g/mol. The first kappa shape index (κ1) is 16.6. The van der Waals surface area contributed by atoms with Crippen molar-refractivity contribution in [2.24, 2.45) is 11.8 Å². The molecule has 0 atom stereocenters. The van der Waals surface area contributed by atoms with Gasteiger partial charge in [-0.1, -0.05) is 80.5 Å². The first-order chi connectivity index (χ1) is 11.4. The summed E-state index contributed by atoms with van der Waals surface area (Å²) in [5, 5.41) is 0. The molecule has 124 valence electrons. The molecule has 1 aromatic rings. The summed E-state index contributed by atoms with van der Waals surface area (Å²) < 4.78 is 0. The second-order valence-electron chi connectivity index (χ2n) is 7.47. The van der Waals surface area contributed by atoms with E-state index in [2.05, 4.69) is 43.0 Å². The Kier molecular flexibility index (Phi) is 6.13.